The summed E-state index contributed by atoms with van der Waals surface area (Å²) in [5.41, 5.74) is 9.68. The molecule has 0 saturated heterocycles. The summed E-state index contributed by atoms with van der Waals surface area (Å²) >= 11 is 0. The molecule has 9 nitrogen and oxygen atoms in total. The van der Waals surface area contributed by atoms with Crippen LogP contribution in [0.4, 0.5) is 4.79 Å². The van der Waals surface area contributed by atoms with Crippen molar-refractivity contribution < 1.29 is 28.7 Å². The third-order valence-electron chi connectivity index (χ3n) is 3.86. The van der Waals surface area contributed by atoms with Gasteiger partial charge in [-0.3, -0.25) is 14.4 Å². The molecule has 0 aliphatic rings. The van der Waals surface area contributed by atoms with Gasteiger partial charge in [0.1, 0.15) is 18.2 Å². The Hall–Kier alpha value is -2.94. The number of nitrogens with zero attached hydrogens (tertiary/aromatic N) is 1. The molecule has 0 aromatic heterocycles. The molecule has 4 N–H and O–H groups in total. The third kappa shape index (κ3) is 8.20. The molecule has 0 unspecified atom stereocenters. The number of ether oxygens (including phenoxy) is 2. The lowest BCUT2D eigenvalue weighted by Gasteiger charge is -2.34. The van der Waals surface area contributed by atoms with Crippen molar-refractivity contribution >= 4 is 23.9 Å². The van der Waals surface area contributed by atoms with Crippen LogP contribution in [0.25, 0.3) is 0 Å². The number of esters is 1. The van der Waals surface area contributed by atoms with E-state index in [1.165, 1.54) is 13.8 Å². The Labute approximate surface area is 176 Å². The standard InChI is InChI=1S/C21H31N3O6/c1-20(2,3)30-19(28)24(18(27)21(4,5)23)15(17(22)26)11-12-16(25)29-13-14-9-7-6-8-10-14/h6-10,15H,11-13,23H2,1-5H3,(H2,22,26)/t15-/m1/s1. The van der Waals surface area contributed by atoms with Crippen LogP contribution in [0.2, 0.25) is 0 Å². The lowest BCUT2D eigenvalue weighted by atomic mass is 10.0. The number of nitrogens with two attached hydrogens (primary N) is 2. The van der Waals surface area contributed by atoms with Crippen molar-refractivity contribution in [2.45, 2.75) is 71.2 Å². The van der Waals surface area contributed by atoms with Gasteiger partial charge < -0.3 is 20.9 Å². The molecule has 1 rings (SSSR count). The van der Waals surface area contributed by atoms with E-state index in [0.29, 0.717) is 4.90 Å². The molecule has 0 fully saturated rings. The molecule has 0 spiro atoms. The van der Waals surface area contributed by atoms with Crippen LogP contribution in [-0.2, 0) is 30.5 Å². The van der Waals surface area contributed by atoms with Crippen LogP contribution in [-0.4, -0.2) is 46.0 Å². The Balaban J connectivity index is 2.93. The maximum absolute atomic E-state index is 12.8. The molecule has 9 heteroatoms. The number of carbonyl (C=O) groups is 4. The molecule has 1 atom stereocenters. The molecule has 30 heavy (non-hydrogen) atoms. The van der Waals surface area contributed by atoms with E-state index in [4.69, 9.17) is 20.9 Å². The van der Waals surface area contributed by atoms with Crippen molar-refractivity contribution in [1.82, 2.24) is 4.90 Å². The van der Waals surface area contributed by atoms with Gasteiger partial charge in [0.05, 0.1) is 5.54 Å². The molecule has 3 amide bonds. The van der Waals surface area contributed by atoms with Gasteiger partial charge in [-0.2, -0.15) is 0 Å². The van der Waals surface area contributed by atoms with Crippen molar-refractivity contribution in [3.63, 3.8) is 0 Å². The molecule has 166 valence electrons. The summed E-state index contributed by atoms with van der Waals surface area (Å²) in [6.45, 7) is 7.67. The van der Waals surface area contributed by atoms with Gasteiger partial charge in [-0.1, -0.05) is 30.3 Å². The van der Waals surface area contributed by atoms with Crippen LogP contribution in [0.15, 0.2) is 30.3 Å². The quantitative estimate of drug-likeness (QED) is 0.610. The molecule has 0 bridgehead atoms. The number of imide groups is 1. The minimum absolute atomic E-state index is 0.0610. The van der Waals surface area contributed by atoms with E-state index < -0.39 is 41.1 Å². The lowest BCUT2D eigenvalue weighted by molar-refractivity contribution is -0.147. The summed E-state index contributed by atoms with van der Waals surface area (Å²) in [5, 5.41) is 0. The Kier molecular flexibility index (Phi) is 8.53. The summed E-state index contributed by atoms with van der Waals surface area (Å²) in [6, 6.07) is 7.64. The number of carbonyl (C=O) groups excluding carboxylic acids is 4. The van der Waals surface area contributed by atoms with Crippen LogP contribution < -0.4 is 11.5 Å². The zero-order chi connectivity index (χ0) is 23.1. The molecule has 0 saturated carbocycles. The fourth-order valence-corrected chi connectivity index (χ4v) is 2.44. The number of amides is 3. The highest BCUT2D eigenvalue weighted by Crippen LogP contribution is 2.19. The van der Waals surface area contributed by atoms with Crippen molar-refractivity contribution in [2.24, 2.45) is 11.5 Å². The zero-order valence-electron chi connectivity index (χ0n) is 18.1. The Morgan fingerprint density at radius 3 is 2.07 bits per heavy atom. The second-order valence-electron chi connectivity index (χ2n) is 8.48. The van der Waals surface area contributed by atoms with Gasteiger partial charge in [-0.05, 0) is 46.6 Å². The summed E-state index contributed by atoms with van der Waals surface area (Å²) in [7, 11) is 0. The van der Waals surface area contributed by atoms with Gasteiger partial charge in [0.15, 0.2) is 0 Å². The van der Waals surface area contributed by atoms with Gasteiger partial charge in [-0.25, -0.2) is 9.69 Å². The first-order valence-electron chi connectivity index (χ1n) is 9.57. The molecular weight excluding hydrogens is 390 g/mol. The molecule has 1 aromatic carbocycles. The Bertz CT molecular complexity index is 765. The number of hydrogen-bond acceptors (Lipinski definition) is 7. The number of benzene rings is 1. The van der Waals surface area contributed by atoms with Crippen LogP contribution in [0.3, 0.4) is 0 Å². The van der Waals surface area contributed by atoms with Crippen molar-refractivity contribution in [3.8, 4) is 0 Å². The summed E-state index contributed by atoms with van der Waals surface area (Å²) in [5.74, 6) is -2.42. The first-order valence-corrected chi connectivity index (χ1v) is 9.57. The highest BCUT2D eigenvalue weighted by atomic mass is 16.6. The fraction of sp³-hybridized carbons (Fsp3) is 0.524. The Morgan fingerprint density at radius 1 is 1.03 bits per heavy atom. The van der Waals surface area contributed by atoms with Gasteiger partial charge in [0.2, 0.25) is 5.91 Å². The van der Waals surface area contributed by atoms with E-state index >= 15 is 0 Å². The average molecular weight is 421 g/mol. The monoisotopic (exact) mass is 421 g/mol. The first-order chi connectivity index (χ1) is 13.7. The average Bonchev–Trinajstić information content (AvgIpc) is 2.61. The van der Waals surface area contributed by atoms with Gasteiger partial charge in [-0.15, -0.1) is 0 Å². The number of hydrogen-bond donors (Lipinski definition) is 2. The number of rotatable bonds is 8. The molecular formula is C21H31N3O6. The van der Waals surface area contributed by atoms with Crippen LogP contribution in [0, 0.1) is 0 Å². The Morgan fingerprint density at radius 2 is 1.60 bits per heavy atom. The minimum atomic E-state index is -1.47. The van der Waals surface area contributed by atoms with Crippen LogP contribution >= 0.6 is 0 Å². The largest absolute Gasteiger partial charge is 0.461 e. The maximum atomic E-state index is 12.8. The zero-order valence-corrected chi connectivity index (χ0v) is 18.1. The van der Waals surface area contributed by atoms with E-state index in [2.05, 4.69) is 0 Å². The molecule has 1 aromatic rings. The number of primary amides is 1. The van der Waals surface area contributed by atoms with Gasteiger partial charge in [0.25, 0.3) is 5.91 Å². The second-order valence-corrected chi connectivity index (χ2v) is 8.48. The van der Waals surface area contributed by atoms with Gasteiger partial charge >= 0.3 is 12.1 Å². The highest BCUT2D eigenvalue weighted by molar-refractivity contribution is 6.01. The van der Waals surface area contributed by atoms with E-state index in [1.54, 1.807) is 32.9 Å². The topological polar surface area (TPSA) is 142 Å². The van der Waals surface area contributed by atoms with Crippen molar-refractivity contribution in [3.05, 3.63) is 35.9 Å². The first kappa shape index (κ1) is 25.1. The molecule has 0 aliphatic heterocycles. The fourth-order valence-electron chi connectivity index (χ4n) is 2.44. The van der Waals surface area contributed by atoms with E-state index in [0.717, 1.165) is 5.56 Å². The smallest absolute Gasteiger partial charge is 0.417 e. The summed E-state index contributed by atoms with van der Waals surface area (Å²) in [4.78, 5) is 50.2. The van der Waals surface area contributed by atoms with Crippen LogP contribution in [0.5, 0.6) is 0 Å². The summed E-state index contributed by atoms with van der Waals surface area (Å²) in [6.07, 6.45) is -1.52. The second kappa shape index (κ2) is 10.2. The predicted octanol–water partition coefficient (Wildman–Crippen LogP) is 1.86. The lowest BCUT2D eigenvalue weighted by Crippen LogP contribution is -2.60. The van der Waals surface area contributed by atoms with E-state index in [-0.39, 0.29) is 19.4 Å². The van der Waals surface area contributed by atoms with Gasteiger partial charge in [0, 0.05) is 6.42 Å². The van der Waals surface area contributed by atoms with E-state index in [9.17, 15) is 19.2 Å². The maximum Gasteiger partial charge on any atom is 0.417 e. The normalized spacial score (nSPS) is 12.6. The molecule has 0 aliphatic carbocycles. The van der Waals surface area contributed by atoms with Crippen molar-refractivity contribution in [2.75, 3.05) is 0 Å². The van der Waals surface area contributed by atoms with Crippen LogP contribution in [0.1, 0.15) is 53.0 Å². The highest BCUT2D eigenvalue weighted by Gasteiger charge is 2.41. The predicted molar refractivity (Wildman–Crippen MR) is 110 cm³/mol. The van der Waals surface area contributed by atoms with Crippen molar-refractivity contribution in [1.29, 1.82) is 0 Å². The summed E-state index contributed by atoms with van der Waals surface area (Å²) < 4.78 is 10.4. The molecule has 0 heterocycles. The van der Waals surface area contributed by atoms with E-state index in [1.807, 2.05) is 18.2 Å². The minimum Gasteiger partial charge on any atom is -0.461 e. The third-order valence-corrected chi connectivity index (χ3v) is 3.86. The molecule has 0 radical (unpaired) electrons. The SMILES string of the molecule is CC(C)(C)OC(=O)N(C(=O)C(C)(C)N)[C@H](CCC(=O)OCc1ccccc1)C(N)=O.